The summed E-state index contributed by atoms with van der Waals surface area (Å²) in [6, 6.07) is 4.64. The molecule has 0 bridgehead atoms. The number of rotatable bonds is 5. The topological polar surface area (TPSA) is 70.0 Å². The summed E-state index contributed by atoms with van der Waals surface area (Å²) < 4.78 is 59.5. The van der Waals surface area contributed by atoms with Crippen LogP contribution >= 0.6 is 0 Å². The van der Waals surface area contributed by atoms with Crippen molar-refractivity contribution in [1.29, 1.82) is 5.26 Å². The Morgan fingerprint density at radius 2 is 2.00 bits per heavy atom. The molecule has 0 aliphatic rings. The second-order valence-electron chi connectivity index (χ2n) is 4.28. The lowest BCUT2D eigenvalue weighted by Gasteiger charge is -2.11. The van der Waals surface area contributed by atoms with Gasteiger partial charge in [-0.2, -0.15) is 18.4 Å². The van der Waals surface area contributed by atoms with Crippen molar-refractivity contribution in [3.63, 3.8) is 0 Å². The van der Waals surface area contributed by atoms with Gasteiger partial charge in [0.2, 0.25) is 0 Å². The van der Waals surface area contributed by atoms with Crippen molar-refractivity contribution in [2.75, 3.05) is 23.9 Å². The van der Waals surface area contributed by atoms with Crippen molar-refractivity contribution in [3.8, 4) is 6.07 Å². The first-order valence-electron chi connectivity index (χ1n) is 5.66. The van der Waals surface area contributed by atoms with Crippen LogP contribution in [0.2, 0.25) is 0 Å². The van der Waals surface area contributed by atoms with Crippen LogP contribution in [0, 0.1) is 11.3 Å². The third-order valence-corrected chi connectivity index (χ3v) is 3.50. The lowest BCUT2D eigenvalue weighted by molar-refractivity contribution is -0.137. The molecule has 0 aliphatic heterocycles. The molecule has 0 heterocycles. The molecular formula is C12H13F3N2O2S. The van der Waals surface area contributed by atoms with Crippen LogP contribution in [0.4, 0.5) is 18.9 Å². The highest BCUT2D eigenvalue weighted by Gasteiger charge is 2.33. The SMILES string of the molecule is CS(=O)(=O)CCCNc1ccc(C(F)(F)F)c(C#N)c1. The Morgan fingerprint density at radius 1 is 1.35 bits per heavy atom. The van der Waals surface area contributed by atoms with Gasteiger partial charge in [-0.3, -0.25) is 0 Å². The molecule has 0 amide bonds. The maximum Gasteiger partial charge on any atom is 0.417 e. The normalized spacial score (nSPS) is 11.9. The molecule has 1 N–H and O–H groups in total. The molecule has 0 fully saturated rings. The Morgan fingerprint density at radius 3 is 2.50 bits per heavy atom. The van der Waals surface area contributed by atoms with E-state index in [1.54, 1.807) is 0 Å². The maximum absolute atomic E-state index is 12.6. The number of benzene rings is 1. The lowest BCUT2D eigenvalue weighted by Crippen LogP contribution is -2.11. The van der Waals surface area contributed by atoms with Crippen molar-refractivity contribution in [2.45, 2.75) is 12.6 Å². The number of sulfone groups is 1. The predicted octanol–water partition coefficient (Wildman–Crippen LogP) is 2.42. The zero-order chi connectivity index (χ0) is 15.4. The van der Waals surface area contributed by atoms with Crippen LogP contribution in [-0.4, -0.2) is 27.0 Å². The van der Waals surface area contributed by atoms with Crippen LogP contribution in [0.25, 0.3) is 0 Å². The van der Waals surface area contributed by atoms with Crippen LogP contribution in [0.5, 0.6) is 0 Å². The minimum absolute atomic E-state index is 0.00819. The lowest BCUT2D eigenvalue weighted by atomic mass is 10.1. The van der Waals surface area contributed by atoms with Gasteiger partial charge in [0.05, 0.1) is 22.9 Å². The van der Waals surface area contributed by atoms with E-state index in [-0.39, 0.29) is 5.75 Å². The van der Waals surface area contributed by atoms with Crippen molar-refractivity contribution in [2.24, 2.45) is 0 Å². The van der Waals surface area contributed by atoms with Gasteiger partial charge in [0, 0.05) is 18.5 Å². The average molecular weight is 306 g/mol. The number of alkyl halides is 3. The first kappa shape index (κ1) is 16.3. The van der Waals surface area contributed by atoms with Crippen LogP contribution in [0.1, 0.15) is 17.5 Å². The Hall–Kier alpha value is -1.75. The summed E-state index contributed by atoms with van der Waals surface area (Å²) in [5.41, 5.74) is -1.10. The fourth-order valence-electron chi connectivity index (χ4n) is 1.56. The fraction of sp³-hybridized carbons (Fsp3) is 0.417. The molecule has 8 heteroatoms. The summed E-state index contributed by atoms with van der Waals surface area (Å²) in [6.45, 7) is 0.295. The monoisotopic (exact) mass is 306 g/mol. The smallest absolute Gasteiger partial charge is 0.385 e. The van der Waals surface area contributed by atoms with Crippen LogP contribution in [0.3, 0.4) is 0 Å². The molecule has 4 nitrogen and oxygen atoms in total. The highest BCUT2D eigenvalue weighted by Crippen LogP contribution is 2.32. The third-order valence-electron chi connectivity index (χ3n) is 2.47. The molecule has 0 unspecified atom stereocenters. The summed E-state index contributed by atoms with van der Waals surface area (Å²) in [5, 5.41) is 11.5. The van der Waals surface area contributed by atoms with Gasteiger partial charge in [0.1, 0.15) is 9.84 Å². The number of nitriles is 1. The molecule has 110 valence electrons. The average Bonchev–Trinajstić information content (AvgIpc) is 2.32. The van der Waals surface area contributed by atoms with Crippen LogP contribution in [-0.2, 0) is 16.0 Å². The molecule has 0 spiro atoms. The number of hydrogen-bond acceptors (Lipinski definition) is 4. The predicted molar refractivity (Wildman–Crippen MR) is 69.0 cm³/mol. The van der Waals surface area contributed by atoms with Crippen LogP contribution < -0.4 is 5.32 Å². The molecule has 0 aliphatic carbocycles. The second kappa shape index (κ2) is 6.13. The highest BCUT2D eigenvalue weighted by molar-refractivity contribution is 7.90. The Kier molecular flexibility index (Phi) is 5.00. The molecule has 0 radical (unpaired) electrons. The Balaban J connectivity index is 2.73. The highest BCUT2D eigenvalue weighted by atomic mass is 32.2. The van der Waals surface area contributed by atoms with E-state index in [4.69, 9.17) is 5.26 Å². The molecule has 1 aromatic rings. The third kappa shape index (κ3) is 5.09. The second-order valence-corrected chi connectivity index (χ2v) is 6.54. The summed E-state index contributed by atoms with van der Waals surface area (Å²) in [5.74, 6) is -0.00819. The number of anilines is 1. The van der Waals surface area contributed by atoms with Crippen molar-refractivity contribution < 1.29 is 21.6 Å². The van der Waals surface area contributed by atoms with Crippen LogP contribution in [0.15, 0.2) is 18.2 Å². The quantitative estimate of drug-likeness (QED) is 0.848. The Labute approximate surface area is 115 Å². The summed E-state index contributed by atoms with van der Waals surface area (Å²) in [4.78, 5) is 0. The van der Waals surface area contributed by atoms with E-state index in [0.29, 0.717) is 18.7 Å². The van der Waals surface area contributed by atoms with E-state index >= 15 is 0 Å². The van der Waals surface area contributed by atoms with Gasteiger partial charge in [-0.25, -0.2) is 8.42 Å². The number of halogens is 3. The number of hydrogen-bond donors (Lipinski definition) is 1. The number of nitrogens with one attached hydrogen (secondary N) is 1. The zero-order valence-corrected chi connectivity index (χ0v) is 11.5. The van der Waals surface area contributed by atoms with E-state index in [9.17, 15) is 21.6 Å². The zero-order valence-electron chi connectivity index (χ0n) is 10.7. The molecule has 0 atom stereocenters. The van der Waals surface area contributed by atoms with E-state index in [1.165, 1.54) is 12.1 Å². The van der Waals surface area contributed by atoms with Gasteiger partial charge in [0.15, 0.2) is 0 Å². The largest absolute Gasteiger partial charge is 0.417 e. The molecule has 20 heavy (non-hydrogen) atoms. The van der Waals surface area contributed by atoms with Crippen molar-refractivity contribution in [1.82, 2.24) is 0 Å². The summed E-state index contributed by atoms with van der Waals surface area (Å²) in [7, 11) is -3.06. The minimum atomic E-state index is -4.57. The fourth-order valence-corrected chi connectivity index (χ4v) is 2.23. The van der Waals surface area contributed by atoms with E-state index in [1.807, 2.05) is 0 Å². The van der Waals surface area contributed by atoms with Gasteiger partial charge in [-0.15, -0.1) is 0 Å². The van der Waals surface area contributed by atoms with E-state index in [0.717, 1.165) is 18.4 Å². The molecule has 0 aromatic heterocycles. The van der Waals surface area contributed by atoms with Gasteiger partial charge in [-0.1, -0.05) is 0 Å². The first-order valence-corrected chi connectivity index (χ1v) is 7.72. The van der Waals surface area contributed by atoms with E-state index in [2.05, 4.69) is 5.32 Å². The van der Waals surface area contributed by atoms with E-state index < -0.39 is 27.1 Å². The minimum Gasteiger partial charge on any atom is -0.385 e. The maximum atomic E-state index is 12.6. The molecule has 0 saturated carbocycles. The van der Waals surface area contributed by atoms with Crippen molar-refractivity contribution >= 4 is 15.5 Å². The Bertz CT molecular complexity index is 619. The van der Waals surface area contributed by atoms with Gasteiger partial charge in [-0.05, 0) is 24.6 Å². The summed E-state index contributed by atoms with van der Waals surface area (Å²) in [6.07, 6.45) is -3.12. The molecule has 1 aromatic carbocycles. The molecule has 0 saturated heterocycles. The number of nitrogens with zero attached hydrogens (tertiary/aromatic N) is 1. The molecule has 1 rings (SSSR count). The van der Waals surface area contributed by atoms with Crippen molar-refractivity contribution in [3.05, 3.63) is 29.3 Å². The van der Waals surface area contributed by atoms with Gasteiger partial charge < -0.3 is 5.32 Å². The van der Waals surface area contributed by atoms with Gasteiger partial charge >= 0.3 is 6.18 Å². The summed E-state index contributed by atoms with van der Waals surface area (Å²) >= 11 is 0. The van der Waals surface area contributed by atoms with Gasteiger partial charge in [0.25, 0.3) is 0 Å². The molecular weight excluding hydrogens is 293 g/mol. The standard InChI is InChI=1S/C12H13F3N2O2S/c1-20(18,19)6-2-5-17-10-3-4-11(12(13,14)15)9(7-10)8-16/h3-4,7,17H,2,5-6H2,1H3. The first-order chi connectivity index (χ1) is 9.13.